The molecule has 0 unspecified atom stereocenters. The number of urea groups is 1. The number of anilines is 2. The molecule has 138 valence electrons. The first kappa shape index (κ1) is 18.0. The summed E-state index contributed by atoms with van der Waals surface area (Å²) in [5.41, 5.74) is 1.81. The summed E-state index contributed by atoms with van der Waals surface area (Å²) >= 11 is 0. The van der Waals surface area contributed by atoms with Crippen molar-refractivity contribution in [3.63, 3.8) is 0 Å². The van der Waals surface area contributed by atoms with Crippen LogP contribution in [0.3, 0.4) is 0 Å². The van der Waals surface area contributed by atoms with Gasteiger partial charge in [0.25, 0.3) is 0 Å². The fraction of sp³-hybridized carbons (Fsp3) is 0.368. The van der Waals surface area contributed by atoms with E-state index in [0.717, 1.165) is 49.9 Å². The Morgan fingerprint density at radius 1 is 1.19 bits per heavy atom. The molecule has 0 aliphatic carbocycles. The Hall–Kier alpha value is -2.80. The van der Waals surface area contributed by atoms with E-state index < -0.39 is 0 Å². The van der Waals surface area contributed by atoms with Gasteiger partial charge < -0.3 is 25.0 Å². The maximum absolute atomic E-state index is 12.0. The van der Waals surface area contributed by atoms with Crippen molar-refractivity contribution in [1.29, 1.82) is 0 Å². The monoisotopic (exact) mass is 356 g/mol. The van der Waals surface area contributed by atoms with Crippen molar-refractivity contribution < 1.29 is 14.3 Å². The summed E-state index contributed by atoms with van der Waals surface area (Å²) in [5.74, 6) is 1.73. The molecule has 1 aliphatic rings. The zero-order valence-electron chi connectivity index (χ0n) is 14.9. The summed E-state index contributed by atoms with van der Waals surface area (Å²) in [6.45, 7) is 3.67. The Balaban J connectivity index is 1.42. The molecule has 2 N–H and O–H groups in total. The van der Waals surface area contributed by atoms with Crippen LogP contribution in [0.25, 0.3) is 0 Å². The molecular weight excluding hydrogens is 332 g/mol. The predicted octanol–water partition coefficient (Wildman–Crippen LogP) is 2.29. The highest BCUT2D eigenvalue weighted by Gasteiger charge is 2.12. The van der Waals surface area contributed by atoms with E-state index >= 15 is 0 Å². The second kappa shape index (κ2) is 9.05. The number of rotatable bonds is 6. The highest BCUT2D eigenvalue weighted by molar-refractivity contribution is 5.89. The number of nitrogens with one attached hydrogen (secondary N) is 2. The second-order valence-corrected chi connectivity index (χ2v) is 5.98. The zero-order chi connectivity index (χ0) is 18.2. The van der Waals surface area contributed by atoms with Crippen LogP contribution in [0.4, 0.5) is 16.3 Å². The number of ether oxygens (including phenoxy) is 2. The average Bonchev–Trinajstić information content (AvgIpc) is 2.70. The quantitative estimate of drug-likeness (QED) is 0.831. The third-order valence-electron chi connectivity index (χ3n) is 4.20. The minimum Gasteiger partial charge on any atom is -0.497 e. The number of hydrogen-bond donors (Lipinski definition) is 2. The Morgan fingerprint density at radius 2 is 1.96 bits per heavy atom. The molecule has 26 heavy (non-hydrogen) atoms. The number of carbonyl (C=O) groups excluding carboxylic acids is 1. The van der Waals surface area contributed by atoms with E-state index in [4.69, 9.17) is 9.47 Å². The number of aromatic nitrogens is 1. The van der Waals surface area contributed by atoms with E-state index in [0.29, 0.717) is 12.2 Å². The molecule has 0 bridgehead atoms. The van der Waals surface area contributed by atoms with Crippen LogP contribution >= 0.6 is 0 Å². The molecule has 1 saturated heterocycles. The van der Waals surface area contributed by atoms with E-state index in [1.165, 1.54) is 0 Å². The normalized spacial score (nSPS) is 14.0. The van der Waals surface area contributed by atoms with Crippen molar-refractivity contribution in [1.82, 2.24) is 10.3 Å². The predicted molar refractivity (Wildman–Crippen MR) is 101 cm³/mol. The molecule has 0 spiro atoms. The Morgan fingerprint density at radius 3 is 2.62 bits per heavy atom. The summed E-state index contributed by atoms with van der Waals surface area (Å²) in [7, 11) is 1.64. The lowest BCUT2D eigenvalue weighted by atomic mass is 10.1. The first-order valence-corrected chi connectivity index (χ1v) is 8.71. The smallest absolute Gasteiger partial charge is 0.319 e. The van der Waals surface area contributed by atoms with Crippen LogP contribution in [-0.2, 0) is 11.2 Å². The second-order valence-electron chi connectivity index (χ2n) is 5.98. The van der Waals surface area contributed by atoms with Crippen LogP contribution in [0.15, 0.2) is 42.6 Å². The number of methoxy groups -OCH3 is 1. The van der Waals surface area contributed by atoms with E-state index in [1.807, 2.05) is 36.4 Å². The number of nitrogens with zero attached hydrogens (tertiary/aromatic N) is 2. The molecule has 7 nitrogen and oxygen atoms in total. The molecule has 0 atom stereocenters. The highest BCUT2D eigenvalue weighted by atomic mass is 16.5. The number of hydrogen-bond acceptors (Lipinski definition) is 5. The molecule has 1 aliphatic heterocycles. The molecule has 2 heterocycles. The Kier molecular flexibility index (Phi) is 6.27. The number of carbonyl (C=O) groups is 1. The molecular formula is C19H24N4O3. The average molecular weight is 356 g/mol. The van der Waals surface area contributed by atoms with Crippen LogP contribution in [-0.4, -0.2) is 51.0 Å². The third kappa shape index (κ3) is 5.10. The van der Waals surface area contributed by atoms with E-state index in [2.05, 4.69) is 20.5 Å². The van der Waals surface area contributed by atoms with Gasteiger partial charge in [-0.3, -0.25) is 0 Å². The summed E-state index contributed by atoms with van der Waals surface area (Å²) in [4.78, 5) is 18.6. The van der Waals surface area contributed by atoms with Gasteiger partial charge in [0.05, 0.1) is 32.2 Å². The molecule has 1 aromatic carbocycles. The lowest BCUT2D eigenvalue weighted by Gasteiger charge is -2.27. The van der Waals surface area contributed by atoms with Crippen molar-refractivity contribution >= 4 is 17.5 Å². The van der Waals surface area contributed by atoms with E-state index in [9.17, 15) is 4.79 Å². The van der Waals surface area contributed by atoms with E-state index in [-0.39, 0.29) is 6.03 Å². The first-order valence-electron chi connectivity index (χ1n) is 8.71. The van der Waals surface area contributed by atoms with Gasteiger partial charge in [0.1, 0.15) is 11.6 Å². The standard InChI is InChI=1S/C19H24N4O3/c1-25-17-5-2-15(3-6-17)8-9-20-19(24)22-16-4-7-18(21-14-16)23-10-12-26-13-11-23/h2-7,14H,8-13H2,1H3,(H2,20,22,24). The maximum atomic E-state index is 12.0. The molecule has 2 aromatic rings. The molecule has 7 heteroatoms. The van der Waals surface area contributed by atoms with E-state index in [1.54, 1.807) is 13.3 Å². The maximum Gasteiger partial charge on any atom is 0.319 e. The summed E-state index contributed by atoms with van der Waals surface area (Å²) < 4.78 is 10.5. The lowest BCUT2D eigenvalue weighted by molar-refractivity contribution is 0.122. The lowest BCUT2D eigenvalue weighted by Crippen LogP contribution is -2.36. The van der Waals surface area contributed by atoms with Crippen LogP contribution in [0, 0.1) is 0 Å². The Labute approximate surface area is 153 Å². The first-order chi connectivity index (χ1) is 12.7. The summed E-state index contributed by atoms with van der Waals surface area (Å²) in [5, 5.41) is 5.65. The van der Waals surface area contributed by atoms with Crippen molar-refractivity contribution in [2.24, 2.45) is 0 Å². The summed E-state index contributed by atoms with van der Waals surface area (Å²) in [6.07, 6.45) is 2.43. The topological polar surface area (TPSA) is 75.7 Å². The van der Waals surface area contributed by atoms with Gasteiger partial charge in [-0.15, -0.1) is 0 Å². The molecule has 0 saturated carbocycles. The van der Waals surface area contributed by atoms with Gasteiger partial charge in [0, 0.05) is 19.6 Å². The fourth-order valence-corrected chi connectivity index (χ4v) is 2.73. The van der Waals surface area contributed by atoms with Crippen LogP contribution in [0.2, 0.25) is 0 Å². The van der Waals surface area contributed by atoms with Gasteiger partial charge >= 0.3 is 6.03 Å². The molecule has 1 fully saturated rings. The van der Waals surface area contributed by atoms with Gasteiger partial charge in [-0.05, 0) is 36.2 Å². The minimum absolute atomic E-state index is 0.237. The number of amides is 2. The van der Waals surface area contributed by atoms with Crippen molar-refractivity contribution in [2.75, 3.05) is 50.2 Å². The summed E-state index contributed by atoms with van der Waals surface area (Å²) in [6, 6.07) is 11.4. The number of pyridine rings is 1. The van der Waals surface area contributed by atoms with Crippen molar-refractivity contribution in [3.8, 4) is 5.75 Å². The zero-order valence-corrected chi connectivity index (χ0v) is 14.9. The molecule has 3 rings (SSSR count). The third-order valence-corrected chi connectivity index (χ3v) is 4.20. The largest absolute Gasteiger partial charge is 0.497 e. The number of benzene rings is 1. The van der Waals surface area contributed by atoms with Crippen LogP contribution in [0.1, 0.15) is 5.56 Å². The van der Waals surface area contributed by atoms with Crippen molar-refractivity contribution in [2.45, 2.75) is 6.42 Å². The van der Waals surface area contributed by atoms with Gasteiger partial charge in [0.2, 0.25) is 0 Å². The van der Waals surface area contributed by atoms with Crippen molar-refractivity contribution in [3.05, 3.63) is 48.2 Å². The molecule has 0 radical (unpaired) electrons. The molecule has 1 aromatic heterocycles. The van der Waals surface area contributed by atoms with Gasteiger partial charge in [0.15, 0.2) is 0 Å². The van der Waals surface area contributed by atoms with Crippen LogP contribution in [0.5, 0.6) is 5.75 Å². The van der Waals surface area contributed by atoms with Crippen LogP contribution < -0.4 is 20.3 Å². The fourth-order valence-electron chi connectivity index (χ4n) is 2.73. The minimum atomic E-state index is -0.237. The SMILES string of the molecule is COc1ccc(CCNC(=O)Nc2ccc(N3CCOCC3)nc2)cc1. The molecule has 2 amide bonds. The van der Waals surface area contributed by atoms with Gasteiger partial charge in [-0.2, -0.15) is 0 Å². The van der Waals surface area contributed by atoms with Gasteiger partial charge in [-0.25, -0.2) is 9.78 Å². The number of morpholine rings is 1. The Bertz CT molecular complexity index is 698. The highest BCUT2D eigenvalue weighted by Crippen LogP contribution is 2.15. The van der Waals surface area contributed by atoms with Gasteiger partial charge in [-0.1, -0.05) is 12.1 Å².